The van der Waals surface area contributed by atoms with Gasteiger partial charge in [-0.15, -0.1) is 5.73 Å². The fourth-order valence-electron chi connectivity index (χ4n) is 1.92. The second-order valence-electron chi connectivity index (χ2n) is 6.35. The highest BCUT2D eigenvalue weighted by atomic mass is 16.2. The van der Waals surface area contributed by atoms with Gasteiger partial charge in [-0.2, -0.15) is 0 Å². The Morgan fingerprint density at radius 3 is 2.54 bits per heavy atom. The van der Waals surface area contributed by atoms with Crippen molar-refractivity contribution in [2.45, 2.75) is 52.1 Å². The van der Waals surface area contributed by atoms with Crippen LogP contribution >= 0.6 is 0 Å². The van der Waals surface area contributed by atoms with Crippen LogP contribution in [0.15, 0.2) is 41.3 Å². The van der Waals surface area contributed by atoms with Gasteiger partial charge in [-0.25, -0.2) is 0 Å². The molecule has 5 nitrogen and oxygen atoms in total. The fourth-order valence-corrected chi connectivity index (χ4v) is 1.92. The molecule has 1 aliphatic carbocycles. The van der Waals surface area contributed by atoms with E-state index in [0.717, 1.165) is 12.0 Å². The molecule has 0 aromatic rings. The number of rotatable bonds is 9. The molecule has 24 heavy (non-hydrogen) atoms. The molecule has 0 saturated heterocycles. The molecule has 1 radical (unpaired) electrons. The normalized spacial score (nSPS) is 14.7. The zero-order valence-corrected chi connectivity index (χ0v) is 15.2. The SMILES string of the molecule is CC=C=C/C(=C\NC)C[C@@H](NC(=O)C1=C[CH]1)C(=O)NC(C)(C)CC. The predicted molar refractivity (Wildman–Crippen MR) is 96.9 cm³/mol. The first-order valence-corrected chi connectivity index (χ1v) is 8.24. The van der Waals surface area contributed by atoms with Gasteiger partial charge in [-0.3, -0.25) is 9.59 Å². The van der Waals surface area contributed by atoms with Crippen LogP contribution in [0, 0.1) is 6.42 Å². The van der Waals surface area contributed by atoms with Crippen molar-refractivity contribution < 1.29 is 9.59 Å². The minimum atomic E-state index is -0.646. The predicted octanol–water partition coefficient (Wildman–Crippen LogP) is 2.14. The molecule has 0 spiro atoms. The van der Waals surface area contributed by atoms with Gasteiger partial charge < -0.3 is 16.0 Å². The van der Waals surface area contributed by atoms with E-state index in [-0.39, 0.29) is 17.4 Å². The number of nitrogens with one attached hydrogen (secondary N) is 3. The third-order valence-corrected chi connectivity index (χ3v) is 3.77. The summed E-state index contributed by atoms with van der Waals surface area (Å²) in [6, 6.07) is -0.646. The van der Waals surface area contributed by atoms with E-state index in [2.05, 4.69) is 21.7 Å². The average Bonchev–Trinajstić information content (AvgIpc) is 3.36. The Labute approximate surface area is 145 Å². The van der Waals surface area contributed by atoms with E-state index < -0.39 is 6.04 Å². The van der Waals surface area contributed by atoms with Crippen LogP contribution in [-0.2, 0) is 9.59 Å². The van der Waals surface area contributed by atoms with E-state index in [1.807, 2.05) is 27.7 Å². The van der Waals surface area contributed by atoms with Crippen LogP contribution < -0.4 is 16.0 Å². The number of allylic oxidation sites excluding steroid dienone is 2. The number of hydrogen-bond donors (Lipinski definition) is 3. The van der Waals surface area contributed by atoms with Gasteiger partial charge in [0.2, 0.25) is 11.8 Å². The molecule has 2 amide bonds. The third kappa shape index (κ3) is 6.88. The largest absolute Gasteiger partial charge is 0.394 e. The maximum absolute atomic E-state index is 12.7. The summed E-state index contributed by atoms with van der Waals surface area (Å²) in [5.41, 5.74) is 4.17. The fraction of sp³-hybridized carbons (Fsp3) is 0.474. The van der Waals surface area contributed by atoms with Crippen molar-refractivity contribution in [2.75, 3.05) is 7.05 Å². The number of amides is 2. The molecule has 0 saturated carbocycles. The van der Waals surface area contributed by atoms with Gasteiger partial charge in [0.05, 0.1) is 0 Å². The Bertz CT molecular complexity index is 594. The topological polar surface area (TPSA) is 70.2 Å². The van der Waals surface area contributed by atoms with Crippen LogP contribution in [0.5, 0.6) is 0 Å². The number of carbonyl (C=O) groups excluding carboxylic acids is 2. The third-order valence-electron chi connectivity index (χ3n) is 3.77. The monoisotopic (exact) mass is 330 g/mol. The molecular weight excluding hydrogens is 302 g/mol. The molecule has 0 heterocycles. The lowest BCUT2D eigenvalue weighted by atomic mass is 9.99. The molecule has 0 unspecified atom stereocenters. The summed E-state index contributed by atoms with van der Waals surface area (Å²) in [4.78, 5) is 24.7. The lowest BCUT2D eigenvalue weighted by Crippen LogP contribution is -2.53. The standard InChI is InChI=1S/C19H28N3O2/c1-6-8-9-14(13-20-5)12-16(21-17(23)15-10-11-15)18(24)22-19(3,4)7-2/h6,9-11,13,16,20H,7,12H2,1-5H3,(H,21,23)(H,22,24)/b14-13+/t8?,16-/m1/s1. The van der Waals surface area contributed by atoms with Crippen LogP contribution in [0.1, 0.15) is 40.5 Å². The lowest BCUT2D eigenvalue weighted by molar-refractivity contribution is -0.128. The highest BCUT2D eigenvalue weighted by molar-refractivity contribution is 6.03. The lowest BCUT2D eigenvalue weighted by Gasteiger charge is -2.28. The second-order valence-corrected chi connectivity index (χ2v) is 6.35. The Morgan fingerprint density at radius 1 is 1.38 bits per heavy atom. The zero-order chi connectivity index (χ0) is 18.2. The quantitative estimate of drug-likeness (QED) is 0.448. The first-order chi connectivity index (χ1) is 11.3. The summed E-state index contributed by atoms with van der Waals surface area (Å²) in [6.45, 7) is 7.81. The van der Waals surface area contributed by atoms with Gasteiger partial charge in [0, 0.05) is 37.2 Å². The zero-order valence-electron chi connectivity index (χ0n) is 15.2. The van der Waals surface area contributed by atoms with E-state index >= 15 is 0 Å². The first kappa shape index (κ1) is 19.8. The molecule has 1 atom stereocenters. The summed E-state index contributed by atoms with van der Waals surface area (Å²) in [6.07, 6.45) is 10.0. The Hall–Kier alpha value is -2.26. The minimum Gasteiger partial charge on any atom is -0.394 e. The van der Waals surface area contributed by atoms with E-state index in [9.17, 15) is 9.59 Å². The highest BCUT2D eigenvalue weighted by Crippen LogP contribution is 2.18. The molecular formula is C19H28N3O2. The Balaban J connectivity index is 2.92. The maximum Gasteiger partial charge on any atom is 0.248 e. The summed E-state index contributed by atoms with van der Waals surface area (Å²) >= 11 is 0. The average molecular weight is 330 g/mol. The first-order valence-electron chi connectivity index (χ1n) is 8.24. The van der Waals surface area contributed by atoms with Crippen LogP contribution in [0.25, 0.3) is 0 Å². The van der Waals surface area contributed by atoms with Gasteiger partial charge in [-0.05, 0) is 44.9 Å². The molecule has 5 heteroatoms. The second kappa shape index (κ2) is 9.14. The van der Waals surface area contributed by atoms with Crippen LogP contribution in [0.4, 0.5) is 0 Å². The van der Waals surface area contributed by atoms with Crippen molar-refractivity contribution in [1.82, 2.24) is 16.0 Å². The molecule has 0 bridgehead atoms. The molecule has 0 aromatic carbocycles. The number of carbonyl (C=O) groups is 2. The summed E-state index contributed by atoms with van der Waals surface area (Å²) in [7, 11) is 1.79. The van der Waals surface area contributed by atoms with Crippen molar-refractivity contribution >= 4 is 11.8 Å². The van der Waals surface area contributed by atoms with Crippen molar-refractivity contribution in [3.8, 4) is 0 Å². The van der Waals surface area contributed by atoms with E-state index in [0.29, 0.717) is 12.0 Å². The van der Waals surface area contributed by atoms with Crippen molar-refractivity contribution in [3.05, 3.63) is 47.7 Å². The molecule has 0 aromatic heterocycles. The highest BCUT2D eigenvalue weighted by Gasteiger charge is 2.28. The Morgan fingerprint density at radius 2 is 2.04 bits per heavy atom. The van der Waals surface area contributed by atoms with Gasteiger partial charge >= 0.3 is 0 Å². The van der Waals surface area contributed by atoms with Crippen LogP contribution in [0.3, 0.4) is 0 Å². The van der Waals surface area contributed by atoms with Gasteiger partial charge in [0.1, 0.15) is 6.04 Å². The molecule has 131 valence electrons. The molecule has 0 aliphatic heterocycles. The maximum atomic E-state index is 12.7. The molecule has 1 rings (SSSR count). The van der Waals surface area contributed by atoms with Crippen LogP contribution in [-0.4, -0.2) is 30.4 Å². The van der Waals surface area contributed by atoms with Crippen molar-refractivity contribution in [2.24, 2.45) is 0 Å². The van der Waals surface area contributed by atoms with Crippen LogP contribution in [0.2, 0.25) is 0 Å². The molecule has 0 fully saturated rings. The summed E-state index contributed by atoms with van der Waals surface area (Å²) in [5.74, 6) is -0.407. The summed E-state index contributed by atoms with van der Waals surface area (Å²) < 4.78 is 0. The van der Waals surface area contributed by atoms with E-state index in [1.54, 1.807) is 37.9 Å². The summed E-state index contributed by atoms with van der Waals surface area (Å²) in [5, 5.41) is 8.77. The smallest absolute Gasteiger partial charge is 0.248 e. The molecule has 1 aliphatic rings. The van der Waals surface area contributed by atoms with E-state index in [1.165, 1.54) is 0 Å². The Kier molecular flexibility index (Phi) is 7.53. The van der Waals surface area contributed by atoms with E-state index in [4.69, 9.17) is 0 Å². The molecule has 3 N–H and O–H groups in total. The van der Waals surface area contributed by atoms with Gasteiger partial charge in [0.15, 0.2) is 0 Å². The van der Waals surface area contributed by atoms with Gasteiger partial charge in [-0.1, -0.05) is 13.0 Å². The van der Waals surface area contributed by atoms with Crippen molar-refractivity contribution in [3.63, 3.8) is 0 Å². The van der Waals surface area contributed by atoms with Crippen molar-refractivity contribution in [1.29, 1.82) is 0 Å². The van der Waals surface area contributed by atoms with Gasteiger partial charge in [0.25, 0.3) is 0 Å². The number of hydrogen-bond acceptors (Lipinski definition) is 3. The minimum absolute atomic E-state index is 0.188.